The highest BCUT2D eigenvalue weighted by Crippen LogP contribution is 2.45. The average Bonchev–Trinajstić information content (AvgIpc) is 3.87. The van der Waals surface area contributed by atoms with E-state index >= 15 is 0 Å². The van der Waals surface area contributed by atoms with Gasteiger partial charge in [0.25, 0.3) is 5.91 Å². The van der Waals surface area contributed by atoms with E-state index in [1.807, 2.05) is 0 Å². The van der Waals surface area contributed by atoms with Crippen LogP contribution < -0.4 is 15.4 Å². The van der Waals surface area contributed by atoms with Crippen LogP contribution in [0.5, 0.6) is 0 Å². The first-order chi connectivity index (χ1) is 21.7. The van der Waals surface area contributed by atoms with E-state index in [1.165, 1.54) is 23.1 Å². The molecule has 3 fully saturated rings. The highest BCUT2D eigenvalue weighted by Gasteiger charge is 2.62. The van der Waals surface area contributed by atoms with Crippen LogP contribution in [-0.2, 0) is 33.9 Å². The summed E-state index contributed by atoms with van der Waals surface area (Å²) in [7, 11) is -3.93. The molecular formula is C32H43FN4O9S. The van der Waals surface area contributed by atoms with E-state index in [2.05, 4.69) is 21.9 Å². The minimum absolute atomic E-state index is 0.0515. The Hall–Kier alpha value is -4.01. The highest BCUT2D eigenvalue weighted by atomic mass is 32.2. The summed E-state index contributed by atoms with van der Waals surface area (Å²) in [6, 6.07) is 2.18. The maximum atomic E-state index is 14.2. The van der Waals surface area contributed by atoms with E-state index in [-0.39, 0.29) is 24.9 Å². The highest BCUT2D eigenvalue weighted by molar-refractivity contribution is 7.91. The van der Waals surface area contributed by atoms with Gasteiger partial charge in [-0.2, -0.15) is 0 Å². The zero-order valence-corrected chi connectivity index (χ0v) is 28.2. The Bertz CT molecular complexity index is 1550. The fourth-order valence-electron chi connectivity index (χ4n) is 5.44. The molecule has 1 heterocycles. The van der Waals surface area contributed by atoms with E-state index in [0.717, 1.165) is 12.1 Å². The van der Waals surface area contributed by atoms with Crippen LogP contribution in [0.4, 0.5) is 9.18 Å². The molecule has 0 bridgehead atoms. The molecule has 2 saturated carbocycles. The molecule has 0 aromatic heterocycles. The van der Waals surface area contributed by atoms with Gasteiger partial charge >= 0.3 is 12.1 Å². The summed E-state index contributed by atoms with van der Waals surface area (Å²) in [4.78, 5) is 68.2. The molecule has 3 aliphatic rings. The number of carbonyl (C=O) groups is 5. The lowest BCUT2D eigenvalue weighted by atomic mass is 9.85. The third kappa shape index (κ3) is 8.48. The molecule has 0 spiro atoms. The SMILES string of the molecule is C=C[C@@H]1C[C@]1(NC(=O)[C@@H]1C[C@@H](OC(=O)c2ccc(F)cc2)CN1C(=O)[C@@H](NC(=O)OC(C)(C)C)C(C)(C)C)C(=O)NS(=O)(=O)C1CC1. The summed E-state index contributed by atoms with van der Waals surface area (Å²) >= 11 is 0. The molecule has 13 nitrogen and oxygen atoms in total. The molecule has 0 unspecified atom stereocenters. The lowest BCUT2D eigenvalue weighted by Crippen LogP contribution is -2.60. The number of alkyl carbamates (subject to hydrolysis) is 1. The Kier molecular flexibility index (Phi) is 9.83. The number of halogens is 1. The van der Waals surface area contributed by atoms with Crippen LogP contribution in [0.2, 0.25) is 0 Å². The maximum Gasteiger partial charge on any atom is 0.408 e. The number of nitrogens with one attached hydrogen (secondary N) is 3. The van der Waals surface area contributed by atoms with Crippen molar-refractivity contribution in [1.29, 1.82) is 0 Å². The summed E-state index contributed by atoms with van der Waals surface area (Å²) in [5, 5.41) is 4.59. The monoisotopic (exact) mass is 678 g/mol. The van der Waals surface area contributed by atoms with E-state index < -0.39 is 91.5 Å². The van der Waals surface area contributed by atoms with E-state index in [4.69, 9.17) is 9.47 Å². The molecule has 3 N–H and O–H groups in total. The Morgan fingerprint density at radius 3 is 2.19 bits per heavy atom. The minimum atomic E-state index is -3.93. The standard InChI is InChI=1S/C32H43FN4O9S/c1-8-19-16-32(19,28(41)36-47(43,44)22-13-14-22)35-25(38)23-15-21(45-27(40)18-9-11-20(33)12-10-18)17-37(23)26(39)24(30(2,3)4)34-29(42)46-31(5,6)7/h8-12,19,21-24H,1,13-17H2,2-7H3,(H,34,42)(H,35,38)(H,36,41)/t19-,21-,23+,24-,32-/m1/s1. The number of carbonyl (C=O) groups excluding carboxylic acids is 5. The first kappa shape index (κ1) is 35.8. The Morgan fingerprint density at radius 1 is 1.06 bits per heavy atom. The average molecular weight is 679 g/mol. The van der Waals surface area contributed by atoms with E-state index in [1.54, 1.807) is 41.5 Å². The molecular weight excluding hydrogens is 635 g/mol. The van der Waals surface area contributed by atoms with Crippen LogP contribution in [0.15, 0.2) is 36.9 Å². The number of amides is 4. The van der Waals surface area contributed by atoms with Gasteiger partial charge in [-0.25, -0.2) is 22.4 Å². The predicted molar refractivity (Wildman–Crippen MR) is 168 cm³/mol. The number of likely N-dealkylation sites (tertiary alicyclic amines) is 1. The lowest BCUT2D eigenvalue weighted by Gasteiger charge is -2.36. The number of hydrogen-bond acceptors (Lipinski definition) is 9. The first-order valence-corrected chi connectivity index (χ1v) is 17.0. The zero-order chi connectivity index (χ0) is 35.1. The second-order valence-corrected chi connectivity index (χ2v) is 16.4. The predicted octanol–water partition coefficient (Wildman–Crippen LogP) is 2.56. The lowest BCUT2D eigenvalue weighted by molar-refractivity contribution is -0.143. The third-order valence-electron chi connectivity index (χ3n) is 8.22. The van der Waals surface area contributed by atoms with Crippen molar-refractivity contribution < 1.29 is 46.3 Å². The van der Waals surface area contributed by atoms with Gasteiger partial charge < -0.3 is 25.0 Å². The molecule has 4 amide bonds. The third-order valence-corrected chi connectivity index (χ3v) is 10.0. The first-order valence-electron chi connectivity index (χ1n) is 15.4. The molecule has 1 aliphatic heterocycles. The van der Waals surface area contributed by atoms with Crippen molar-refractivity contribution in [3.8, 4) is 0 Å². The van der Waals surface area contributed by atoms with E-state index in [0.29, 0.717) is 12.8 Å². The quantitative estimate of drug-likeness (QED) is 0.248. The van der Waals surface area contributed by atoms with Crippen LogP contribution in [0.3, 0.4) is 0 Å². The number of nitrogens with zero attached hydrogens (tertiary/aromatic N) is 1. The normalized spacial score (nSPS) is 24.8. The number of esters is 1. The number of sulfonamides is 1. The van der Waals surface area contributed by atoms with Crippen molar-refractivity contribution in [2.24, 2.45) is 11.3 Å². The Balaban J connectivity index is 1.60. The van der Waals surface area contributed by atoms with Gasteiger partial charge in [0.05, 0.1) is 17.4 Å². The van der Waals surface area contributed by atoms with Crippen molar-refractivity contribution in [2.45, 2.75) is 102 Å². The topological polar surface area (TPSA) is 177 Å². The van der Waals surface area contributed by atoms with Gasteiger partial charge in [0.2, 0.25) is 21.8 Å². The van der Waals surface area contributed by atoms with Crippen LogP contribution in [-0.4, -0.2) is 84.2 Å². The van der Waals surface area contributed by atoms with Crippen LogP contribution in [0, 0.1) is 17.2 Å². The number of rotatable bonds is 10. The Morgan fingerprint density at radius 2 is 1.68 bits per heavy atom. The number of benzene rings is 1. The summed E-state index contributed by atoms with van der Waals surface area (Å²) in [5.74, 6) is -4.30. The van der Waals surface area contributed by atoms with Crippen molar-refractivity contribution >= 4 is 39.8 Å². The summed E-state index contributed by atoms with van der Waals surface area (Å²) in [5.41, 5.74) is -3.30. The van der Waals surface area contributed by atoms with Crippen molar-refractivity contribution in [3.05, 3.63) is 48.3 Å². The van der Waals surface area contributed by atoms with Crippen LogP contribution in [0.1, 0.15) is 77.6 Å². The molecule has 1 aromatic carbocycles. The summed E-state index contributed by atoms with van der Waals surface area (Å²) in [6.45, 7) is 13.6. The molecule has 4 rings (SSSR count). The molecule has 1 saturated heterocycles. The second kappa shape index (κ2) is 12.9. The van der Waals surface area contributed by atoms with Crippen LogP contribution in [0.25, 0.3) is 0 Å². The molecule has 1 aromatic rings. The summed E-state index contributed by atoms with van der Waals surface area (Å²) in [6.07, 6.45) is 0.350. The molecule has 5 atom stereocenters. The largest absolute Gasteiger partial charge is 0.457 e. The fourth-order valence-corrected chi connectivity index (χ4v) is 6.80. The van der Waals surface area contributed by atoms with Gasteiger partial charge in [0.1, 0.15) is 35.1 Å². The van der Waals surface area contributed by atoms with Gasteiger partial charge in [-0.1, -0.05) is 26.8 Å². The van der Waals surface area contributed by atoms with Gasteiger partial charge in [0.15, 0.2) is 0 Å². The number of ether oxygens (including phenoxy) is 2. The van der Waals surface area contributed by atoms with E-state index in [9.17, 15) is 36.8 Å². The minimum Gasteiger partial charge on any atom is -0.457 e. The van der Waals surface area contributed by atoms with Gasteiger partial charge in [-0.15, -0.1) is 6.58 Å². The zero-order valence-electron chi connectivity index (χ0n) is 27.4. The maximum absolute atomic E-state index is 14.2. The molecule has 0 radical (unpaired) electrons. The molecule has 258 valence electrons. The summed E-state index contributed by atoms with van der Waals surface area (Å²) < 4.78 is 51.6. The molecule has 2 aliphatic carbocycles. The van der Waals surface area contributed by atoms with Gasteiger partial charge in [0, 0.05) is 12.3 Å². The van der Waals surface area contributed by atoms with Crippen molar-refractivity contribution in [2.75, 3.05) is 6.54 Å². The van der Waals surface area contributed by atoms with Crippen molar-refractivity contribution in [3.63, 3.8) is 0 Å². The molecule has 15 heteroatoms. The van der Waals surface area contributed by atoms with Gasteiger partial charge in [-0.3, -0.25) is 19.1 Å². The number of hydrogen-bond donors (Lipinski definition) is 3. The van der Waals surface area contributed by atoms with Crippen molar-refractivity contribution in [1.82, 2.24) is 20.3 Å². The molecule has 47 heavy (non-hydrogen) atoms. The van der Waals surface area contributed by atoms with Crippen LogP contribution >= 0.6 is 0 Å². The Labute approximate surface area is 274 Å². The smallest absolute Gasteiger partial charge is 0.408 e. The fraction of sp³-hybridized carbons (Fsp3) is 0.594. The van der Waals surface area contributed by atoms with Gasteiger partial charge in [-0.05, 0) is 69.7 Å². The second-order valence-electron chi connectivity index (χ2n) is 14.4.